The second-order valence-corrected chi connectivity index (χ2v) is 6.88. The Morgan fingerprint density at radius 2 is 1.81 bits per heavy atom. The molecule has 7 heteroatoms. The van der Waals surface area contributed by atoms with Crippen LogP contribution in [0, 0.1) is 0 Å². The van der Waals surface area contributed by atoms with Crippen LogP contribution in [0.3, 0.4) is 0 Å². The van der Waals surface area contributed by atoms with Crippen molar-refractivity contribution in [3.63, 3.8) is 0 Å². The number of hydrogen-bond acceptors (Lipinski definition) is 4. The number of ether oxygens (including phenoxy) is 1. The van der Waals surface area contributed by atoms with E-state index < -0.39 is 23.6 Å². The first-order valence-electron chi connectivity index (χ1n) is 8.21. The predicted octanol–water partition coefficient (Wildman–Crippen LogP) is 1.76. The average Bonchev–Trinajstić information content (AvgIpc) is 2.54. The molecule has 0 saturated carbocycles. The van der Waals surface area contributed by atoms with Crippen LogP contribution in [0.2, 0.25) is 0 Å². The topological polar surface area (TPSA) is 103 Å². The average molecular weight is 357 g/mol. The summed E-state index contributed by atoms with van der Waals surface area (Å²) >= 11 is 0. The zero-order valence-electron chi connectivity index (χ0n) is 15.1. The molecule has 7 nitrogen and oxygen atoms in total. The lowest BCUT2D eigenvalue weighted by Gasteiger charge is -2.22. The standard InChI is InChI=1S/C19H23N3O4/c1-19(2,3)26-18(25)21-15(17(20)24)12-13-7-9-14(10-8-13)22-11-5-4-6-16(22)23/h4-11,15H,12H2,1-3H3,(H2,20,24)(H,21,25). The maximum Gasteiger partial charge on any atom is 0.408 e. The Morgan fingerprint density at radius 1 is 1.15 bits per heavy atom. The van der Waals surface area contributed by atoms with Crippen LogP contribution in [-0.2, 0) is 16.0 Å². The van der Waals surface area contributed by atoms with Gasteiger partial charge in [0.15, 0.2) is 0 Å². The lowest BCUT2D eigenvalue weighted by atomic mass is 10.1. The largest absolute Gasteiger partial charge is 0.444 e. The third kappa shape index (κ3) is 5.47. The number of pyridine rings is 1. The molecule has 0 bridgehead atoms. The van der Waals surface area contributed by atoms with E-state index in [0.717, 1.165) is 5.56 Å². The number of hydrogen-bond donors (Lipinski definition) is 2. The molecule has 3 N–H and O–H groups in total. The first kappa shape index (κ1) is 19.2. The first-order valence-corrected chi connectivity index (χ1v) is 8.21. The molecule has 138 valence electrons. The normalized spacial score (nSPS) is 12.3. The van der Waals surface area contributed by atoms with Gasteiger partial charge in [-0.05, 0) is 44.5 Å². The number of rotatable bonds is 5. The van der Waals surface area contributed by atoms with E-state index in [4.69, 9.17) is 10.5 Å². The molecule has 1 aromatic carbocycles. The molecule has 0 fully saturated rings. The quantitative estimate of drug-likeness (QED) is 0.851. The minimum Gasteiger partial charge on any atom is -0.444 e. The van der Waals surface area contributed by atoms with Gasteiger partial charge in [-0.15, -0.1) is 0 Å². The molecule has 1 atom stereocenters. The van der Waals surface area contributed by atoms with Crippen LogP contribution in [0.5, 0.6) is 0 Å². The molecule has 0 aliphatic carbocycles. The molecule has 2 aromatic rings. The molecule has 1 heterocycles. The SMILES string of the molecule is CC(C)(C)OC(=O)NC(Cc1ccc(-n2ccccc2=O)cc1)C(N)=O. The van der Waals surface area contributed by atoms with Crippen molar-refractivity contribution < 1.29 is 14.3 Å². The second kappa shape index (κ2) is 7.86. The molecular weight excluding hydrogens is 334 g/mol. The molecule has 0 spiro atoms. The third-order valence-electron chi connectivity index (χ3n) is 3.51. The number of carbonyl (C=O) groups excluding carboxylic acids is 2. The summed E-state index contributed by atoms with van der Waals surface area (Å²) in [6, 6.07) is 11.1. The van der Waals surface area contributed by atoms with Gasteiger partial charge in [0.2, 0.25) is 5.91 Å². The van der Waals surface area contributed by atoms with E-state index in [1.807, 2.05) is 0 Å². The Balaban J connectivity index is 2.10. The monoisotopic (exact) mass is 357 g/mol. The number of benzene rings is 1. The van der Waals surface area contributed by atoms with Gasteiger partial charge < -0.3 is 15.8 Å². The number of nitrogens with two attached hydrogens (primary N) is 1. The maximum atomic E-state index is 11.9. The maximum absolute atomic E-state index is 11.9. The van der Waals surface area contributed by atoms with Crippen molar-refractivity contribution in [3.05, 3.63) is 64.6 Å². The molecule has 2 rings (SSSR count). The molecule has 0 radical (unpaired) electrons. The second-order valence-electron chi connectivity index (χ2n) is 6.88. The molecule has 2 amide bonds. The Bertz CT molecular complexity index is 835. The van der Waals surface area contributed by atoms with Crippen molar-refractivity contribution >= 4 is 12.0 Å². The van der Waals surface area contributed by atoms with Crippen LogP contribution in [0.25, 0.3) is 5.69 Å². The molecule has 26 heavy (non-hydrogen) atoms. The van der Waals surface area contributed by atoms with E-state index in [-0.39, 0.29) is 12.0 Å². The van der Waals surface area contributed by atoms with Crippen molar-refractivity contribution in [2.75, 3.05) is 0 Å². The highest BCUT2D eigenvalue weighted by atomic mass is 16.6. The number of alkyl carbamates (subject to hydrolysis) is 1. The summed E-state index contributed by atoms with van der Waals surface area (Å²) in [5, 5.41) is 2.49. The van der Waals surface area contributed by atoms with Crippen LogP contribution in [0.4, 0.5) is 4.79 Å². The number of amides is 2. The van der Waals surface area contributed by atoms with Crippen molar-refractivity contribution in [2.24, 2.45) is 5.73 Å². The van der Waals surface area contributed by atoms with Crippen molar-refractivity contribution in [2.45, 2.75) is 38.8 Å². The van der Waals surface area contributed by atoms with Crippen molar-refractivity contribution in [1.82, 2.24) is 9.88 Å². The summed E-state index contributed by atoms with van der Waals surface area (Å²) in [5.41, 5.74) is 6.07. The number of nitrogens with zero attached hydrogens (tertiary/aromatic N) is 1. The number of carbonyl (C=O) groups is 2. The zero-order chi connectivity index (χ0) is 19.3. The van der Waals surface area contributed by atoms with Gasteiger partial charge in [0.05, 0.1) is 0 Å². The molecule has 1 unspecified atom stereocenters. The summed E-state index contributed by atoms with van der Waals surface area (Å²) in [4.78, 5) is 35.4. The zero-order valence-corrected chi connectivity index (χ0v) is 15.1. The smallest absolute Gasteiger partial charge is 0.408 e. The highest BCUT2D eigenvalue weighted by Crippen LogP contribution is 2.11. The van der Waals surface area contributed by atoms with Crippen molar-refractivity contribution in [3.8, 4) is 5.69 Å². The van der Waals surface area contributed by atoms with Gasteiger partial charge in [0, 0.05) is 24.4 Å². The van der Waals surface area contributed by atoms with E-state index in [2.05, 4.69) is 5.32 Å². The number of nitrogens with one attached hydrogen (secondary N) is 1. The molecule has 1 aromatic heterocycles. The minimum atomic E-state index is -0.893. The Labute approximate surface area is 151 Å². The fourth-order valence-electron chi connectivity index (χ4n) is 2.34. The summed E-state index contributed by atoms with van der Waals surface area (Å²) in [6.07, 6.45) is 1.19. The lowest BCUT2D eigenvalue weighted by Crippen LogP contribution is -2.47. The molecule has 0 aliphatic heterocycles. The van der Waals surface area contributed by atoms with E-state index in [1.54, 1.807) is 63.4 Å². The molecular formula is C19H23N3O4. The van der Waals surface area contributed by atoms with Gasteiger partial charge in [0.1, 0.15) is 11.6 Å². The number of aromatic nitrogens is 1. The van der Waals surface area contributed by atoms with E-state index in [9.17, 15) is 14.4 Å². The van der Waals surface area contributed by atoms with Crippen LogP contribution in [0.15, 0.2) is 53.5 Å². The van der Waals surface area contributed by atoms with Gasteiger partial charge in [0.25, 0.3) is 5.56 Å². The first-order chi connectivity index (χ1) is 12.2. The van der Waals surface area contributed by atoms with E-state index >= 15 is 0 Å². The highest BCUT2D eigenvalue weighted by Gasteiger charge is 2.23. The van der Waals surface area contributed by atoms with Crippen LogP contribution in [0.1, 0.15) is 26.3 Å². The van der Waals surface area contributed by atoms with Gasteiger partial charge in [-0.1, -0.05) is 18.2 Å². The molecule has 0 saturated heterocycles. The van der Waals surface area contributed by atoms with E-state index in [0.29, 0.717) is 5.69 Å². The summed E-state index contributed by atoms with van der Waals surface area (Å²) in [5.74, 6) is -0.654. The summed E-state index contributed by atoms with van der Waals surface area (Å²) < 4.78 is 6.66. The highest BCUT2D eigenvalue weighted by molar-refractivity contribution is 5.84. The summed E-state index contributed by atoms with van der Waals surface area (Å²) in [7, 11) is 0. The predicted molar refractivity (Wildman–Crippen MR) is 98.1 cm³/mol. The van der Waals surface area contributed by atoms with Gasteiger partial charge in [-0.25, -0.2) is 4.79 Å². The van der Waals surface area contributed by atoms with Crippen LogP contribution < -0.4 is 16.6 Å². The fourth-order valence-corrected chi connectivity index (χ4v) is 2.34. The van der Waals surface area contributed by atoms with Crippen molar-refractivity contribution in [1.29, 1.82) is 0 Å². The Morgan fingerprint density at radius 3 is 2.35 bits per heavy atom. The third-order valence-corrected chi connectivity index (χ3v) is 3.51. The Kier molecular flexibility index (Phi) is 5.82. The van der Waals surface area contributed by atoms with Gasteiger partial charge in [-0.3, -0.25) is 14.2 Å². The molecule has 0 aliphatic rings. The lowest BCUT2D eigenvalue weighted by molar-refractivity contribution is -0.120. The summed E-state index contributed by atoms with van der Waals surface area (Å²) in [6.45, 7) is 5.20. The van der Waals surface area contributed by atoms with Gasteiger partial charge in [-0.2, -0.15) is 0 Å². The Hall–Kier alpha value is -3.09. The van der Waals surface area contributed by atoms with Crippen LogP contribution >= 0.6 is 0 Å². The number of primary amides is 1. The fraction of sp³-hybridized carbons (Fsp3) is 0.316. The van der Waals surface area contributed by atoms with Gasteiger partial charge >= 0.3 is 6.09 Å². The van der Waals surface area contributed by atoms with Crippen LogP contribution in [-0.4, -0.2) is 28.2 Å². The van der Waals surface area contributed by atoms with E-state index in [1.165, 1.54) is 10.6 Å². The minimum absolute atomic E-state index is 0.137.